The van der Waals surface area contributed by atoms with E-state index in [0.29, 0.717) is 29.4 Å². The van der Waals surface area contributed by atoms with E-state index in [2.05, 4.69) is 10.6 Å². The normalized spacial score (nSPS) is 13.0. The third-order valence-corrected chi connectivity index (χ3v) is 3.91. The first-order valence-electron chi connectivity index (χ1n) is 8.31. The number of rotatable bonds is 5. The average Bonchev–Trinajstić information content (AvgIpc) is 3.10. The molecule has 2 aromatic carbocycles. The van der Waals surface area contributed by atoms with Gasteiger partial charge in [-0.3, -0.25) is 10.1 Å². The van der Waals surface area contributed by atoms with E-state index < -0.39 is 6.09 Å². The van der Waals surface area contributed by atoms with E-state index in [-0.39, 0.29) is 18.7 Å². The second-order valence-corrected chi connectivity index (χ2v) is 5.73. The van der Waals surface area contributed by atoms with Crippen LogP contribution in [0.1, 0.15) is 35.8 Å². The summed E-state index contributed by atoms with van der Waals surface area (Å²) in [7, 11) is 0. The number of hydrogen-bond acceptors (Lipinski definition) is 5. The van der Waals surface area contributed by atoms with Gasteiger partial charge in [0.2, 0.25) is 6.79 Å². The molecule has 0 aliphatic carbocycles. The van der Waals surface area contributed by atoms with Gasteiger partial charge in [0.05, 0.1) is 12.6 Å². The Morgan fingerprint density at radius 3 is 2.58 bits per heavy atom. The number of fused-ring (bicyclic) bond motifs is 1. The van der Waals surface area contributed by atoms with E-state index >= 15 is 0 Å². The highest BCUT2D eigenvalue weighted by Crippen LogP contribution is 2.34. The summed E-state index contributed by atoms with van der Waals surface area (Å²) in [6, 6.07) is 12.0. The Balaban J connectivity index is 1.61. The molecule has 1 atom stereocenters. The fraction of sp³-hybridized carbons (Fsp3) is 0.263. The zero-order chi connectivity index (χ0) is 18.5. The van der Waals surface area contributed by atoms with E-state index in [1.165, 1.54) is 0 Å². The minimum atomic E-state index is -0.527. The largest absolute Gasteiger partial charge is 0.454 e. The van der Waals surface area contributed by atoms with E-state index in [9.17, 15) is 9.59 Å². The van der Waals surface area contributed by atoms with Crippen LogP contribution in [0.4, 0.5) is 10.5 Å². The fourth-order valence-electron chi connectivity index (χ4n) is 2.54. The summed E-state index contributed by atoms with van der Waals surface area (Å²) in [6.07, 6.45) is -0.527. The molecule has 1 heterocycles. The van der Waals surface area contributed by atoms with Crippen molar-refractivity contribution in [2.45, 2.75) is 19.9 Å². The maximum atomic E-state index is 12.4. The van der Waals surface area contributed by atoms with Crippen LogP contribution in [0.25, 0.3) is 0 Å². The predicted octanol–water partition coefficient (Wildman–Crippen LogP) is 3.47. The number of carbonyl (C=O) groups is 2. The van der Waals surface area contributed by atoms with Gasteiger partial charge >= 0.3 is 6.09 Å². The molecule has 2 aromatic rings. The highest BCUT2D eigenvalue weighted by molar-refractivity contribution is 5.95. The maximum Gasteiger partial charge on any atom is 0.411 e. The van der Waals surface area contributed by atoms with E-state index in [4.69, 9.17) is 14.2 Å². The minimum Gasteiger partial charge on any atom is -0.454 e. The topological polar surface area (TPSA) is 85.9 Å². The molecular weight excluding hydrogens is 336 g/mol. The number of amides is 2. The van der Waals surface area contributed by atoms with E-state index in [1.807, 2.05) is 25.1 Å². The van der Waals surface area contributed by atoms with Gasteiger partial charge < -0.3 is 19.5 Å². The zero-order valence-corrected chi connectivity index (χ0v) is 14.6. The molecule has 0 saturated heterocycles. The highest BCUT2D eigenvalue weighted by Gasteiger charge is 2.17. The lowest BCUT2D eigenvalue weighted by Gasteiger charge is -2.15. The van der Waals surface area contributed by atoms with Crippen molar-refractivity contribution in [2.24, 2.45) is 0 Å². The van der Waals surface area contributed by atoms with Gasteiger partial charge in [0.1, 0.15) is 0 Å². The molecule has 3 rings (SSSR count). The highest BCUT2D eigenvalue weighted by atomic mass is 16.7. The van der Waals surface area contributed by atoms with Crippen molar-refractivity contribution in [1.29, 1.82) is 0 Å². The first kappa shape index (κ1) is 17.6. The van der Waals surface area contributed by atoms with Crippen LogP contribution in [0.3, 0.4) is 0 Å². The Bertz CT molecular complexity index is 804. The molecule has 0 radical (unpaired) electrons. The van der Waals surface area contributed by atoms with Crippen molar-refractivity contribution in [3.05, 3.63) is 53.6 Å². The van der Waals surface area contributed by atoms with Crippen molar-refractivity contribution in [3.8, 4) is 11.5 Å². The summed E-state index contributed by atoms with van der Waals surface area (Å²) < 4.78 is 15.5. The van der Waals surface area contributed by atoms with Crippen LogP contribution < -0.4 is 20.1 Å². The zero-order valence-electron chi connectivity index (χ0n) is 14.6. The molecule has 0 bridgehead atoms. The summed E-state index contributed by atoms with van der Waals surface area (Å²) >= 11 is 0. The van der Waals surface area contributed by atoms with Crippen molar-refractivity contribution in [2.75, 3.05) is 18.7 Å². The number of benzene rings is 2. The average molecular weight is 356 g/mol. The summed E-state index contributed by atoms with van der Waals surface area (Å²) in [6.45, 7) is 4.14. The Morgan fingerprint density at radius 2 is 1.85 bits per heavy atom. The van der Waals surface area contributed by atoms with Crippen LogP contribution in [-0.2, 0) is 4.74 Å². The quantitative estimate of drug-likeness (QED) is 0.857. The molecule has 0 saturated carbocycles. The molecule has 7 nitrogen and oxygen atoms in total. The predicted molar refractivity (Wildman–Crippen MR) is 95.5 cm³/mol. The van der Waals surface area contributed by atoms with Crippen LogP contribution in [-0.4, -0.2) is 25.4 Å². The molecule has 0 spiro atoms. The number of anilines is 1. The van der Waals surface area contributed by atoms with Crippen LogP contribution in [0, 0.1) is 0 Å². The van der Waals surface area contributed by atoms with Crippen molar-refractivity contribution in [1.82, 2.24) is 5.32 Å². The van der Waals surface area contributed by atoms with Gasteiger partial charge in [-0.2, -0.15) is 0 Å². The lowest BCUT2D eigenvalue weighted by atomic mass is 10.1. The van der Waals surface area contributed by atoms with Crippen LogP contribution in [0.15, 0.2) is 42.5 Å². The Labute approximate surface area is 151 Å². The molecule has 7 heteroatoms. The number of nitrogens with one attached hydrogen (secondary N) is 2. The van der Waals surface area contributed by atoms with E-state index in [0.717, 1.165) is 5.56 Å². The van der Waals surface area contributed by atoms with Gasteiger partial charge in [-0.15, -0.1) is 0 Å². The van der Waals surface area contributed by atoms with Crippen LogP contribution in [0.2, 0.25) is 0 Å². The van der Waals surface area contributed by atoms with Crippen molar-refractivity contribution < 1.29 is 23.8 Å². The molecule has 0 fully saturated rings. The van der Waals surface area contributed by atoms with Crippen LogP contribution >= 0.6 is 0 Å². The number of carbonyl (C=O) groups excluding carboxylic acids is 2. The van der Waals surface area contributed by atoms with Gasteiger partial charge in [-0.05, 0) is 55.8 Å². The Hall–Kier alpha value is -3.22. The van der Waals surface area contributed by atoms with Crippen LogP contribution in [0.5, 0.6) is 11.5 Å². The summed E-state index contributed by atoms with van der Waals surface area (Å²) in [5.74, 6) is 1.17. The third-order valence-electron chi connectivity index (χ3n) is 3.91. The second kappa shape index (κ2) is 7.77. The molecule has 2 amide bonds. The van der Waals surface area contributed by atoms with Gasteiger partial charge in [0.25, 0.3) is 5.91 Å². The second-order valence-electron chi connectivity index (χ2n) is 5.73. The van der Waals surface area contributed by atoms with E-state index in [1.54, 1.807) is 31.2 Å². The Kier molecular flexibility index (Phi) is 5.26. The standard InChI is InChI=1S/C19H20N2O5/c1-3-24-19(23)21-15-7-4-13(5-8-15)18(22)20-12(2)14-6-9-16-17(10-14)26-11-25-16/h4-10,12H,3,11H2,1-2H3,(H,20,22)(H,21,23). The molecule has 0 aromatic heterocycles. The molecule has 2 N–H and O–H groups in total. The summed E-state index contributed by atoms with van der Waals surface area (Å²) in [5.41, 5.74) is 1.97. The SMILES string of the molecule is CCOC(=O)Nc1ccc(C(=O)NC(C)c2ccc3c(c2)OCO3)cc1. The molecule has 1 unspecified atom stereocenters. The monoisotopic (exact) mass is 356 g/mol. The summed E-state index contributed by atoms with van der Waals surface area (Å²) in [4.78, 5) is 23.8. The van der Waals surface area contributed by atoms with Crippen molar-refractivity contribution >= 4 is 17.7 Å². The molecule has 1 aliphatic rings. The fourth-order valence-corrected chi connectivity index (χ4v) is 2.54. The van der Waals surface area contributed by atoms with Gasteiger partial charge in [0.15, 0.2) is 11.5 Å². The number of hydrogen-bond donors (Lipinski definition) is 2. The van der Waals surface area contributed by atoms with Gasteiger partial charge in [-0.1, -0.05) is 6.07 Å². The molecule has 136 valence electrons. The first-order chi connectivity index (χ1) is 12.6. The summed E-state index contributed by atoms with van der Waals surface area (Å²) in [5, 5.41) is 5.52. The first-order valence-corrected chi connectivity index (χ1v) is 8.31. The molecule has 26 heavy (non-hydrogen) atoms. The lowest BCUT2D eigenvalue weighted by molar-refractivity contribution is 0.0939. The lowest BCUT2D eigenvalue weighted by Crippen LogP contribution is -2.26. The third kappa shape index (κ3) is 4.05. The maximum absolute atomic E-state index is 12.4. The minimum absolute atomic E-state index is 0.200. The molecule has 1 aliphatic heterocycles. The van der Waals surface area contributed by atoms with Gasteiger partial charge in [0, 0.05) is 11.3 Å². The Morgan fingerprint density at radius 1 is 1.12 bits per heavy atom. The van der Waals surface area contributed by atoms with Gasteiger partial charge in [-0.25, -0.2) is 4.79 Å². The number of ether oxygens (including phenoxy) is 3. The smallest absolute Gasteiger partial charge is 0.411 e. The molecular formula is C19H20N2O5. The van der Waals surface area contributed by atoms with Crippen molar-refractivity contribution in [3.63, 3.8) is 0 Å².